The van der Waals surface area contributed by atoms with Gasteiger partial charge in [0.25, 0.3) is 5.91 Å². The number of pyridine rings is 2. The molecule has 0 fully saturated rings. The maximum Gasteiger partial charge on any atom is 0.257 e. The number of para-hydroxylation sites is 1. The number of anilines is 1. The van der Waals surface area contributed by atoms with E-state index in [1.165, 1.54) is 18.3 Å². The van der Waals surface area contributed by atoms with Crippen molar-refractivity contribution in [2.24, 2.45) is 0 Å². The smallest absolute Gasteiger partial charge is 0.257 e. The molecule has 20 heavy (non-hydrogen) atoms. The van der Waals surface area contributed by atoms with Gasteiger partial charge in [-0.05, 0) is 18.2 Å². The lowest BCUT2D eigenvalue weighted by Crippen LogP contribution is -2.14. The number of carbonyl (C=O) groups is 1. The zero-order valence-corrected chi connectivity index (χ0v) is 10.5. The predicted molar refractivity (Wildman–Crippen MR) is 76.8 cm³/mol. The average Bonchev–Trinajstić information content (AvgIpc) is 2.48. The van der Waals surface area contributed by atoms with Crippen molar-refractivity contribution in [1.29, 1.82) is 0 Å². The van der Waals surface area contributed by atoms with Gasteiger partial charge in [0.15, 0.2) is 0 Å². The third kappa shape index (κ3) is 2.29. The van der Waals surface area contributed by atoms with Crippen LogP contribution in [-0.4, -0.2) is 15.9 Å². The molecule has 5 nitrogen and oxygen atoms in total. The summed E-state index contributed by atoms with van der Waals surface area (Å²) in [6.07, 6.45) is 3.06. The molecule has 98 valence electrons. The number of carbonyl (C=O) groups excluding carboxylic acids is 1. The van der Waals surface area contributed by atoms with Gasteiger partial charge in [-0.1, -0.05) is 18.2 Å². The molecule has 0 bridgehead atoms. The molecule has 3 aromatic rings. The molecule has 2 aromatic heterocycles. The van der Waals surface area contributed by atoms with E-state index in [1.54, 1.807) is 12.3 Å². The molecule has 0 aliphatic carbocycles. The van der Waals surface area contributed by atoms with Crippen molar-refractivity contribution in [3.05, 3.63) is 70.8 Å². The summed E-state index contributed by atoms with van der Waals surface area (Å²) < 4.78 is 0. The second-order valence-corrected chi connectivity index (χ2v) is 4.28. The molecule has 2 N–H and O–H groups in total. The highest BCUT2D eigenvalue weighted by molar-refractivity contribution is 6.08. The van der Waals surface area contributed by atoms with E-state index in [0.29, 0.717) is 11.3 Å². The predicted octanol–water partition coefficient (Wildman–Crippen LogP) is 2.18. The van der Waals surface area contributed by atoms with Crippen molar-refractivity contribution in [3.8, 4) is 0 Å². The van der Waals surface area contributed by atoms with Gasteiger partial charge in [0, 0.05) is 23.8 Å². The van der Waals surface area contributed by atoms with E-state index in [9.17, 15) is 9.59 Å². The van der Waals surface area contributed by atoms with Crippen molar-refractivity contribution < 1.29 is 4.79 Å². The van der Waals surface area contributed by atoms with Gasteiger partial charge in [0.05, 0.1) is 16.8 Å². The van der Waals surface area contributed by atoms with Gasteiger partial charge in [0.2, 0.25) is 5.56 Å². The number of fused-ring (bicyclic) bond motifs is 1. The second kappa shape index (κ2) is 4.97. The molecule has 0 spiro atoms. The zero-order chi connectivity index (χ0) is 13.9. The van der Waals surface area contributed by atoms with E-state index in [2.05, 4.69) is 15.3 Å². The molecular weight excluding hydrogens is 254 g/mol. The minimum absolute atomic E-state index is 0.242. The number of rotatable bonds is 2. The van der Waals surface area contributed by atoms with Gasteiger partial charge in [-0.25, -0.2) is 0 Å². The molecule has 5 heteroatoms. The van der Waals surface area contributed by atoms with Gasteiger partial charge in [-0.2, -0.15) is 0 Å². The molecule has 0 unspecified atom stereocenters. The maximum absolute atomic E-state index is 12.1. The zero-order valence-electron chi connectivity index (χ0n) is 10.5. The Kier molecular flexibility index (Phi) is 3.01. The molecule has 1 amide bonds. The number of nitrogens with zero attached hydrogens (tertiary/aromatic N) is 1. The first-order valence-corrected chi connectivity index (χ1v) is 6.08. The summed E-state index contributed by atoms with van der Waals surface area (Å²) in [5.41, 5.74) is 1.51. The minimum Gasteiger partial charge on any atom is -0.328 e. The van der Waals surface area contributed by atoms with Gasteiger partial charge < -0.3 is 10.3 Å². The van der Waals surface area contributed by atoms with E-state index in [4.69, 9.17) is 0 Å². The van der Waals surface area contributed by atoms with E-state index in [-0.39, 0.29) is 11.5 Å². The first kappa shape index (κ1) is 12.1. The number of aromatic nitrogens is 2. The van der Waals surface area contributed by atoms with Crippen LogP contribution < -0.4 is 10.9 Å². The molecule has 0 aliphatic rings. The lowest BCUT2D eigenvalue weighted by atomic mass is 10.2. The van der Waals surface area contributed by atoms with Crippen molar-refractivity contribution >= 4 is 22.5 Å². The summed E-state index contributed by atoms with van der Waals surface area (Å²) in [5.74, 6) is -0.292. The Morgan fingerprint density at radius 1 is 1.10 bits per heavy atom. The Labute approximate surface area is 114 Å². The van der Waals surface area contributed by atoms with E-state index in [0.717, 1.165) is 10.9 Å². The van der Waals surface area contributed by atoms with Crippen LogP contribution in [0.15, 0.2) is 59.7 Å². The number of benzene rings is 1. The third-order valence-electron chi connectivity index (χ3n) is 2.93. The van der Waals surface area contributed by atoms with Crippen LogP contribution in [0.3, 0.4) is 0 Å². The Morgan fingerprint density at radius 2 is 1.95 bits per heavy atom. The van der Waals surface area contributed by atoms with Crippen LogP contribution in [-0.2, 0) is 0 Å². The lowest BCUT2D eigenvalue weighted by molar-refractivity contribution is 0.102. The van der Waals surface area contributed by atoms with Crippen molar-refractivity contribution in [1.82, 2.24) is 9.97 Å². The molecule has 0 saturated carbocycles. The fourth-order valence-corrected chi connectivity index (χ4v) is 1.95. The van der Waals surface area contributed by atoms with E-state index >= 15 is 0 Å². The normalized spacial score (nSPS) is 10.4. The molecule has 0 saturated heterocycles. The fraction of sp³-hybridized carbons (Fsp3) is 0. The summed E-state index contributed by atoms with van der Waals surface area (Å²) in [6, 6.07) is 12.1. The first-order valence-electron chi connectivity index (χ1n) is 6.08. The van der Waals surface area contributed by atoms with Crippen molar-refractivity contribution in [2.75, 3.05) is 5.32 Å². The summed E-state index contributed by atoms with van der Waals surface area (Å²) in [4.78, 5) is 29.8. The first-order chi connectivity index (χ1) is 9.74. The number of amides is 1. The summed E-state index contributed by atoms with van der Waals surface area (Å²) in [6.45, 7) is 0. The molecule has 2 heterocycles. The molecular formula is C15H11N3O2. The standard InChI is InChI=1S/C15H11N3O2/c19-13-7-6-11(9-17-13)15(20)18-12-5-1-3-10-4-2-8-16-14(10)12/h1-9H,(H,17,19)(H,18,20). The van der Waals surface area contributed by atoms with Crippen LogP contribution in [0.1, 0.15) is 10.4 Å². The summed E-state index contributed by atoms with van der Waals surface area (Å²) >= 11 is 0. The Bertz CT molecular complexity index is 814. The van der Waals surface area contributed by atoms with Crippen LogP contribution in [0.5, 0.6) is 0 Å². The van der Waals surface area contributed by atoms with Gasteiger partial charge in [0.1, 0.15) is 0 Å². The Balaban J connectivity index is 1.95. The van der Waals surface area contributed by atoms with Gasteiger partial charge in [-0.15, -0.1) is 0 Å². The third-order valence-corrected chi connectivity index (χ3v) is 2.93. The minimum atomic E-state index is -0.292. The van der Waals surface area contributed by atoms with Gasteiger partial charge >= 0.3 is 0 Å². The largest absolute Gasteiger partial charge is 0.328 e. The average molecular weight is 265 g/mol. The van der Waals surface area contributed by atoms with Crippen molar-refractivity contribution in [2.45, 2.75) is 0 Å². The maximum atomic E-state index is 12.1. The number of H-pyrrole nitrogens is 1. The van der Waals surface area contributed by atoms with Crippen LogP contribution in [0, 0.1) is 0 Å². The van der Waals surface area contributed by atoms with E-state index in [1.807, 2.05) is 24.3 Å². The van der Waals surface area contributed by atoms with E-state index < -0.39 is 0 Å². The molecule has 0 atom stereocenters. The quantitative estimate of drug-likeness (QED) is 0.745. The van der Waals surface area contributed by atoms with Crippen LogP contribution in [0.2, 0.25) is 0 Å². The topological polar surface area (TPSA) is 74.8 Å². The Hall–Kier alpha value is -2.95. The highest BCUT2D eigenvalue weighted by Gasteiger charge is 2.08. The molecule has 0 aliphatic heterocycles. The molecule has 0 radical (unpaired) electrons. The number of aromatic amines is 1. The summed E-state index contributed by atoms with van der Waals surface area (Å²) in [5, 5.41) is 3.75. The molecule has 3 rings (SSSR count). The molecule has 1 aromatic carbocycles. The van der Waals surface area contributed by atoms with Crippen molar-refractivity contribution in [3.63, 3.8) is 0 Å². The van der Waals surface area contributed by atoms with Crippen LogP contribution in [0.4, 0.5) is 5.69 Å². The highest BCUT2D eigenvalue weighted by Crippen LogP contribution is 2.21. The Morgan fingerprint density at radius 3 is 2.75 bits per heavy atom. The lowest BCUT2D eigenvalue weighted by Gasteiger charge is -2.07. The SMILES string of the molecule is O=C(Nc1cccc2cccnc12)c1ccc(=O)[nH]c1. The summed E-state index contributed by atoms with van der Waals surface area (Å²) in [7, 11) is 0. The fourth-order valence-electron chi connectivity index (χ4n) is 1.95. The second-order valence-electron chi connectivity index (χ2n) is 4.28. The highest BCUT2D eigenvalue weighted by atomic mass is 16.1. The number of hydrogen-bond acceptors (Lipinski definition) is 3. The monoisotopic (exact) mass is 265 g/mol. The van der Waals surface area contributed by atoms with Gasteiger partial charge in [-0.3, -0.25) is 14.6 Å². The number of hydrogen-bond donors (Lipinski definition) is 2. The van der Waals surface area contributed by atoms with Crippen LogP contribution >= 0.6 is 0 Å². The number of nitrogens with one attached hydrogen (secondary N) is 2. The van der Waals surface area contributed by atoms with Crippen LogP contribution in [0.25, 0.3) is 10.9 Å².